The van der Waals surface area contributed by atoms with Crippen molar-refractivity contribution in [3.8, 4) is 0 Å². The Morgan fingerprint density at radius 2 is 2.05 bits per heavy atom. The van der Waals surface area contributed by atoms with E-state index in [-0.39, 0.29) is 19.4 Å². The average Bonchev–Trinajstić information content (AvgIpc) is 2.69. The van der Waals surface area contributed by atoms with Crippen LogP contribution >= 0.6 is 0 Å². The molecule has 0 bridgehead atoms. The van der Waals surface area contributed by atoms with Gasteiger partial charge in [-0.2, -0.15) is 0 Å². The summed E-state index contributed by atoms with van der Waals surface area (Å²) in [6, 6.07) is 0. The highest BCUT2D eigenvalue weighted by Gasteiger charge is 2.25. The van der Waals surface area contributed by atoms with E-state index in [1.165, 1.54) is 0 Å². The van der Waals surface area contributed by atoms with Crippen molar-refractivity contribution in [2.45, 2.75) is 39.5 Å². The van der Waals surface area contributed by atoms with Gasteiger partial charge in [-0.3, -0.25) is 4.79 Å². The van der Waals surface area contributed by atoms with Gasteiger partial charge >= 0.3 is 5.97 Å². The van der Waals surface area contributed by atoms with Crippen LogP contribution in [0, 0.1) is 5.41 Å². The number of carboxylic acids is 1. The Balaban J connectivity index is 2.41. The Bertz CT molecular complexity index is 435. The number of alkyl halides is 2. The molecule has 0 saturated carbocycles. The first-order valence-electron chi connectivity index (χ1n) is 6.17. The molecule has 0 aliphatic rings. The van der Waals surface area contributed by atoms with Crippen LogP contribution in [0.25, 0.3) is 0 Å². The van der Waals surface area contributed by atoms with Crippen molar-refractivity contribution in [3.63, 3.8) is 0 Å². The largest absolute Gasteiger partial charge is 0.481 e. The molecular formula is C12H18F2N2O4. The zero-order valence-corrected chi connectivity index (χ0v) is 11.4. The number of rotatable bonds is 9. The van der Waals surface area contributed by atoms with Crippen LogP contribution in [0.15, 0.2) is 4.42 Å². The number of ether oxygens (including phenoxy) is 1. The number of hydrogen-bond acceptors (Lipinski definition) is 5. The number of nitrogens with zero attached hydrogens (tertiary/aromatic N) is 2. The fourth-order valence-corrected chi connectivity index (χ4v) is 1.67. The van der Waals surface area contributed by atoms with Crippen LogP contribution in [0.1, 0.15) is 32.0 Å². The van der Waals surface area contributed by atoms with Gasteiger partial charge in [0.2, 0.25) is 11.8 Å². The number of carboxylic acid groups (broad SMARTS) is 1. The van der Waals surface area contributed by atoms with Gasteiger partial charge in [-0.05, 0) is 5.41 Å². The van der Waals surface area contributed by atoms with E-state index >= 15 is 0 Å². The maximum atomic E-state index is 11.8. The average molecular weight is 292 g/mol. The molecule has 1 heterocycles. The van der Waals surface area contributed by atoms with Crippen LogP contribution in [0.4, 0.5) is 8.78 Å². The van der Waals surface area contributed by atoms with E-state index in [0.717, 1.165) is 0 Å². The van der Waals surface area contributed by atoms with Crippen molar-refractivity contribution in [3.05, 3.63) is 11.8 Å². The van der Waals surface area contributed by atoms with Gasteiger partial charge in [0.1, 0.15) is 6.61 Å². The second-order valence-electron chi connectivity index (χ2n) is 5.22. The van der Waals surface area contributed by atoms with E-state index in [0.29, 0.717) is 18.2 Å². The van der Waals surface area contributed by atoms with Crippen LogP contribution < -0.4 is 0 Å². The summed E-state index contributed by atoms with van der Waals surface area (Å²) in [4.78, 5) is 10.7. The quantitative estimate of drug-likeness (QED) is 0.700. The van der Waals surface area contributed by atoms with E-state index in [9.17, 15) is 13.6 Å². The second kappa shape index (κ2) is 7.28. The van der Waals surface area contributed by atoms with Gasteiger partial charge < -0.3 is 14.3 Å². The van der Waals surface area contributed by atoms with Gasteiger partial charge in [-0.1, -0.05) is 13.8 Å². The molecule has 8 heteroatoms. The zero-order valence-electron chi connectivity index (χ0n) is 11.4. The molecule has 1 rings (SSSR count). The van der Waals surface area contributed by atoms with E-state index in [4.69, 9.17) is 14.3 Å². The summed E-state index contributed by atoms with van der Waals surface area (Å²) in [6.07, 6.45) is -1.92. The highest BCUT2D eigenvalue weighted by atomic mass is 19.3. The fourth-order valence-electron chi connectivity index (χ4n) is 1.67. The molecule has 0 aliphatic carbocycles. The summed E-state index contributed by atoms with van der Waals surface area (Å²) in [7, 11) is 0. The number of carbonyl (C=O) groups is 1. The molecule has 0 aromatic carbocycles. The Kier molecular flexibility index (Phi) is 6.00. The smallest absolute Gasteiger partial charge is 0.303 e. The van der Waals surface area contributed by atoms with Gasteiger partial charge in [0.05, 0.1) is 13.0 Å². The fraction of sp³-hybridized carbons (Fsp3) is 0.750. The molecule has 0 unspecified atom stereocenters. The van der Waals surface area contributed by atoms with Gasteiger partial charge in [-0.25, -0.2) is 8.78 Å². The number of halogens is 2. The number of aliphatic carboxylic acids is 1. The molecule has 20 heavy (non-hydrogen) atoms. The standard InChI is InChI=1S/C12H18F2N2O4/c1-12(2,6-11(17)18)5-10-16-15-9(20-10)3-4-19-7-8(13)14/h8H,3-7H2,1-2H3,(H,17,18). The highest BCUT2D eigenvalue weighted by molar-refractivity contribution is 5.67. The number of hydrogen-bond donors (Lipinski definition) is 1. The lowest BCUT2D eigenvalue weighted by atomic mass is 9.86. The van der Waals surface area contributed by atoms with Crippen LogP contribution in [0.2, 0.25) is 0 Å². The Morgan fingerprint density at radius 3 is 2.65 bits per heavy atom. The predicted octanol–water partition coefficient (Wildman–Crippen LogP) is 1.94. The van der Waals surface area contributed by atoms with Gasteiger partial charge in [0.25, 0.3) is 6.43 Å². The van der Waals surface area contributed by atoms with Gasteiger partial charge in [-0.15, -0.1) is 10.2 Å². The van der Waals surface area contributed by atoms with Crippen molar-refractivity contribution in [2.75, 3.05) is 13.2 Å². The molecule has 1 aromatic heterocycles. The second-order valence-corrected chi connectivity index (χ2v) is 5.22. The molecule has 0 aliphatic heterocycles. The summed E-state index contributed by atoms with van der Waals surface area (Å²) in [5, 5.41) is 16.3. The van der Waals surface area contributed by atoms with Crippen LogP contribution in [-0.4, -0.2) is 40.9 Å². The SMILES string of the molecule is CC(C)(CC(=O)O)Cc1nnc(CCOCC(F)F)o1. The topological polar surface area (TPSA) is 85.5 Å². The number of aromatic nitrogens is 2. The maximum Gasteiger partial charge on any atom is 0.303 e. The predicted molar refractivity (Wildman–Crippen MR) is 64.6 cm³/mol. The third-order valence-electron chi connectivity index (χ3n) is 2.47. The molecule has 6 nitrogen and oxygen atoms in total. The molecule has 0 atom stereocenters. The third kappa shape index (κ3) is 6.55. The molecule has 0 spiro atoms. The Morgan fingerprint density at radius 1 is 1.40 bits per heavy atom. The zero-order chi connectivity index (χ0) is 15.2. The molecule has 0 amide bonds. The lowest BCUT2D eigenvalue weighted by molar-refractivity contribution is -0.139. The lowest BCUT2D eigenvalue weighted by Crippen LogP contribution is -2.19. The van der Waals surface area contributed by atoms with Crippen molar-refractivity contribution in [1.82, 2.24) is 10.2 Å². The molecule has 1 N–H and O–H groups in total. The summed E-state index contributed by atoms with van der Waals surface area (Å²) in [5.74, 6) is -0.268. The van der Waals surface area contributed by atoms with Crippen molar-refractivity contribution in [2.24, 2.45) is 5.41 Å². The monoisotopic (exact) mass is 292 g/mol. The molecular weight excluding hydrogens is 274 g/mol. The Labute approximate surface area is 115 Å². The molecule has 114 valence electrons. The summed E-state index contributed by atoms with van der Waals surface area (Å²) >= 11 is 0. The van der Waals surface area contributed by atoms with Crippen LogP contribution in [0.3, 0.4) is 0 Å². The van der Waals surface area contributed by atoms with Crippen LogP contribution in [0.5, 0.6) is 0 Å². The first-order chi connectivity index (χ1) is 9.28. The van der Waals surface area contributed by atoms with Crippen molar-refractivity contribution < 1.29 is 27.8 Å². The van der Waals surface area contributed by atoms with Crippen molar-refractivity contribution >= 4 is 5.97 Å². The van der Waals surface area contributed by atoms with E-state index in [1.807, 2.05) is 0 Å². The third-order valence-corrected chi connectivity index (χ3v) is 2.47. The summed E-state index contributed by atoms with van der Waals surface area (Å²) in [5.41, 5.74) is -0.498. The van der Waals surface area contributed by atoms with Gasteiger partial charge in [0, 0.05) is 12.8 Å². The minimum atomic E-state index is -2.50. The minimum Gasteiger partial charge on any atom is -0.481 e. The molecule has 0 fully saturated rings. The lowest BCUT2D eigenvalue weighted by Gasteiger charge is -2.19. The maximum absolute atomic E-state index is 11.8. The van der Waals surface area contributed by atoms with E-state index in [2.05, 4.69) is 10.2 Å². The highest BCUT2D eigenvalue weighted by Crippen LogP contribution is 2.25. The first-order valence-corrected chi connectivity index (χ1v) is 6.17. The molecule has 0 saturated heterocycles. The normalized spacial score (nSPS) is 12.1. The van der Waals surface area contributed by atoms with E-state index in [1.54, 1.807) is 13.8 Å². The Hall–Kier alpha value is -1.57. The summed E-state index contributed by atoms with van der Waals surface area (Å²) in [6.45, 7) is 3.03. The minimum absolute atomic E-state index is 0.0117. The molecule has 0 radical (unpaired) electrons. The van der Waals surface area contributed by atoms with Crippen LogP contribution in [-0.2, 0) is 22.4 Å². The van der Waals surface area contributed by atoms with E-state index < -0.39 is 24.4 Å². The van der Waals surface area contributed by atoms with Gasteiger partial charge in [0.15, 0.2) is 0 Å². The summed E-state index contributed by atoms with van der Waals surface area (Å²) < 4.78 is 33.7. The van der Waals surface area contributed by atoms with Crippen molar-refractivity contribution in [1.29, 1.82) is 0 Å². The molecule has 1 aromatic rings. The first kappa shape index (κ1) is 16.5.